The maximum atomic E-state index is 13.0. The molecule has 3 aromatic rings. The smallest absolute Gasteiger partial charge is 0.311 e. The molecule has 6 heteroatoms. The van der Waals surface area contributed by atoms with Crippen LogP contribution in [-0.4, -0.2) is 28.5 Å². The molecule has 0 aliphatic heterocycles. The third kappa shape index (κ3) is 4.81. The number of nitrogens with two attached hydrogens (primary N) is 1. The molecule has 6 nitrogen and oxygen atoms in total. The lowest BCUT2D eigenvalue weighted by atomic mass is 9.76. The van der Waals surface area contributed by atoms with E-state index in [9.17, 15) is 14.7 Å². The third-order valence-corrected chi connectivity index (χ3v) is 6.55. The van der Waals surface area contributed by atoms with Gasteiger partial charge in [-0.05, 0) is 53.5 Å². The number of rotatable bonds is 7. The second-order valence-electron chi connectivity index (χ2n) is 8.60. The molecule has 0 radical (unpaired) electrons. The summed E-state index contributed by atoms with van der Waals surface area (Å²) in [5, 5.41) is 14.8. The Morgan fingerprint density at radius 1 is 1.00 bits per heavy atom. The number of nitrogens with zero attached hydrogens (tertiary/aromatic N) is 1. The summed E-state index contributed by atoms with van der Waals surface area (Å²) in [6.07, 6.45) is 8.77. The fraction of sp³-hybridized carbons (Fsp3) is 0.346. The zero-order valence-corrected chi connectivity index (χ0v) is 18.0. The lowest BCUT2D eigenvalue weighted by molar-refractivity contribution is -0.140. The highest BCUT2D eigenvalue weighted by atomic mass is 16.4. The Kier molecular flexibility index (Phi) is 6.81. The van der Waals surface area contributed by atoms with Crippen LogP contribution in [0.15, 0.2) is 60.9 Å². The Balaban J connectivity index is 1.50. The van der Waals surface area contributed by atoms with Gasteiger partial charge in [0, 0.05) is 30.0 Å². The zero-order chi connectivity index (χ0) is 22.5. The van der Waals surface area contributed by atoms with Crippen molar-refractivity contribution in [3.63, 3.8) is 0 Å². The molecule has 166 valence electrons. The number of nitrogens with one attached hydrogen (secondary N) is 1. The summed E-state index contributed by atoms with van der Waals surface area (Å²) in [5.74, 6) is -1.81. The van der Waals surface area contributed by atoms with Gasteiger partial charge in [-0.25, -0.2) is 0 Å². The number of carbonyl (C=O) groups is 2. The minimum Gasteiger partial charge on any atom is -0.481 e. The van der Waals surface area contributed by atoms with Crippen molar-refractivity contribution in [2.75, 3.05) is 11.9 Å². The minimum absolute atomic E-state index is 0.160. The van der Waals surface area contributed by atoms with Gasteiger partial charge in [0.2, 0.25) is 5.91 Å². The number of hydrogen-bond acceptors (Lipinski definition) is 4. The molecule has 1 amide bonds. The van der Waals surface area contributed by atoms with Crippen LogP contribution in [0.4, 0.5) is 5.69 Å². The van der Waals surface area contributed by atoms with E-state index in [1.807, 2.05) is 48.5 Å². The SMILES string of the molecule is NCC(C(=O)Nc1ccc2cnccc2c1)c1ccc(C(C(=O)O)C2CCCCC2)cc1. The van der Waals surface area contributed by atoms with Crippen LogP contribution in [0.5, 0.6) is 0 Å². The molecule has 0 bridgehead atoms. The average Bonchev–Trinajstić information content (AvgIpc) is 2.81. The summed E-state index contributed by atoms with van der Waals surface area (Å²) in [6.45, 7) is 0.160. The highest BCUT2D eigenvalue weighted by molar-refractivity contribution is 5.98. The largest absolute Gasteiger partial charge is 0.481 e. The lowest BCUT2D eigenvalue weighted by Crippen LogP contribution is -2.27. The maximum absolute atomic E-state index is 13.0. The quantitative estimate of drug-likeness (QED) is 0.504. The Labute approximate surface area is 187 Å². The number of benzene rings is 2. The van der Waals surface area contributed by atoms with E-state index >= 15 is 0 Å². The molecule has 2 aromatic carbocycles. The highest BCUT2D eigenvalue weighted by Gasteiger charge is 2.31. The molecule has 4 rings (SSSR count). The third-order valence-electron chi connectivity index (χ3n) is 6.55. The second kappa shape index (κ2) is 9.92. The molecule has 4 N–H and O–H groups in total. The van der Waals surface area contributed by atoms with Crippen molar-refractivity contribution < 1.29 is 14.7 Å². The van der Waals surface area contributed by atoms with E-state index in [0.29, 0.717) is 5.69 Å². The minimum atomic E-state index is -0.774. The fourth-order valence-corrected chi connectivity index (χ4v) is 4.80. The summed E-state index contributed by atoms with van der Waals surface area (Å²) >= 11 is 0. The Morgan fingerprint density at radius 2 is 1.72 bits per heavy atom. The first kappa shape index (κ1) is 22.0. The van der Waals surface area contributed by atoms with Gasteiger partial charge in [0.15, 0.2) is 0 Å². The van der Waals surface area contributed by atoms with Crippen LogP contribution < -0.4 is 11.1 Å². The molecule has 1 saturated carbocycles. The summed E-state index contributed by atoms with van der Waals surface area (Å²) in [5.41, 5.74) is 8.23. The molecule has 1 aliphatic rings. The fourth-order valence-electron chi connectivity index (χ4n) is 4.80. The van der Waals surface area contributed by atoms with E-state index in [4.69, 9.17) is 5.73 Å². The Morgan fingerprint density at radius 3 is 2.41 bits per heavy atom. The molecule has 1 fully saturated rings. The molecule has 1 heterocycles. The number of fused-ring (bicyclic) bond motifs is 1. The predicted molar refractivity (Wildman–Crippen MR) is 126 cm³/mol. The van der Waals surface area contributed by atoms with Crippen molar-refractivity contribution in [1.29, 1.82) is 0 Å². The number of pyridine rings is 1. The summed E-state index contributed by atoms with van der Waals surface area (Å²) in [7, 11) is 0. The number of anilines is 1. The van der Waals surface area contributed by atoms with Crippen molar-refractivity contribution in [2.24, 2.45) is 11.7 Å². The first-order valence-electron chi connectivity index (χ1n) is 11.2. The molecule has 32 heavy (non-hydrogen) atoms. The molecule has 1 aliphatic carbocycles. The topological polar surface area (TPSA) is 105 Å². The van der Waals surface area contributed by atoms with Crippen LogP contribution in [0.25, 0.3) is 10.8 Å². The Bertz CT molecular complexity index is 1090. The van der Waals surface area contributed by atoms with Gasteiger partial charge >= 0.3 is 5.97 Å². The lowest BCUT2D eigenvalue weighted by Gasteiger charge is -2.28. The van der Waals surface area contributed by atoms with Gasteiger partial charge in [0.05, 0.1) is 11.8 Å². The van der Waals surface area contributed by atoms with Crippen molar-refractivity contribution >= 4 is 28.3 Å². The van der Waals surface area contributed by atoms with Gasteiger partial charge in [-0.3, -0.25) is 14.6 Å². The van der Waals surface area contributed by atoms with Crippen LogP contribution in [-0.2, 0) is 9.59 Å². The Hall–Kier alpha value is -3.25. The van der Waals surface area contributed by atoms with Crippen LogP contribution in [0, 0.1) is 5.92 Å². The van der Waals surface area contributed by atoms with E-state index in [2.05, 4.69) is 10.3 Å². The van der Waals surface area contributed by atoms with E-state index in [-0.39, 0.29) is 18.4 Å². The molecule has 2 atom stereocenters. The number of hydrogen-bond donors (Lipinski definition) is 3. The second-order valence-corrected chi connectivity index (χ2v) is 8.60. The van der Waals surface area contributed by atoms with Crippen LogP contribution in [0.3, 0.4) is 0 Å². The number of aromatic nitrogens is 1. The van der Waals surface area contributed by atoms with Gasteiger partial charge < -0.3 is 16.2 Å². The van der Waals surface area contributed by atoms with Crippen molar-refractivity contribution in [1.82, 2.24) is 4.98 Å². The van der Waals surface area contributed by atoms with Crippen LogP contribution >= 0.6 is 0 Å². The van der Waals surface area contributed by atoms with Gasteiger partial charge in [0.25, 0.3) is 0 Å². The summed E-state index contributed by atoms with van der Waals surface area (Å²) < 4.78 is 0. The molecule has 0 saturated heterocycles. The maximum Gasteiger partial charge on any atom is 0.311 e. The number of carboxylic acids is 1. The molecule has 0 spiro atoms. The molecule has 2 unspecified atom stereocenters. The molecular formula is C26H29N3O3. The van der Waals surface area contributed by atoms with Gasteiger partial charge in [0.1, 0.15) is 0 Å². The number of carbonyl (C=O) groups excluding carboxylic acids is 1. The van der Waals surface area contributed by atoms with Crippen molar-refractivity contribution in [2.45, 2.75) is 43.9 Å². The predicted octanol–water partition coefficient (Wildman–Crippen LogP) is 4.66. The number of aliphatic carboxylic acids is 1. The first-order valence-corrected chi connectivity index (χ1v) is 11.2. The average molecular weight is 432 g/mol. The first-order chi connectivity index (χ1) is 15.6. The molecule has 1 aromatic heterocycles. The highest BCUT2D eigenvalue weighted by Crippen LogP contribution is 2.36. The van der Waals surface area contributed by atoms with Crippen LogP contribution in [0.2, 0.25) is 0 Å². The zero-order valence-electron chi connectivity index (χ0n) is 18.0. The summed E-state index contributed by atoms with van der Waals surface area (Å²) in [6, 6.07) is 15.0. The molecular weight excluding hydrogens is 402 g/mol. The van der Waals surface area contributed by atoms with Gasteiger partial charge in [-0.2, -0.15) is 0 Å². The number of amides is 1. The van der Waals surface area contributed by atoms with E-state index in [0.717, 1.165) is 47.6 Å². The monoisotopic (exact) mass is 431 g/mol. The van der Waals surface area contributed by atoms with Crippen LogP contribution in [0.1, 0.15) is 55.1 Å². The van der Waals surface area contributed by atoms with E-state index < -0.39 is 17.8 Å². The van der Waals surface area contributed by atoms with Gasteiger partial charge in [-0.15, -0.1) is 0 Å². The van der Waals surface area contributed by atoms with Crippen molar-refractivity contribution in [3.05, 3.63) is 72.1 Å². The van der Waals surface area contributed by atoms with E-state index in [1.165, 1.54) is 6.42 Å². The van der Waals surface area contributed by atoms with E-state index in [1.54, 1.807) is 12.4 Å². The number of carboxylic acid groups (broad SMARTS) is 1. The van der Waals surface area contributed by atoms with Crippen molar-refractivity contribution in [3.8, 4) is 0 Å². The normalized spacial score (nSPS) is 16.4. The van der Waals surface area contributed by atoms with Gasteiger partial charge in [-0.1, -0.05) is 49.6 Å². The standard InChI is InChI=1S/C26H29N3O3/c27-15-23(25(30)29-22-11-10-21-16-28-13-12-20(21)14-22)17-6-8-19(9-7-17)24(26(31)32)18-4-2-1-3-5-18/h6-14,16,18,23-24H,1-5,15,27H2,(H,29,30)(H,31,32). The summed E-state index contributed by atoms with van der Waals surface area (Å²) in [4.78, 5) is 29.1.